The average molecular weight is 471 g/mol. The highest BCUT2D eigenvalue weighted by atomic mass is 32.2. The molecule has 0 saturated heterocycles. The van der Waals surface area contributed by atoms with E-state index in [9.17, 15) is 18.0 Å². The van der Waals surface area contributed by atoms with E-state index in [4.69, 9.17) is 9.15 Å². The fourth-order valence-electron chi connectivity index (χ4n) is 3.16. The molecule has 0 spiro atoms. The molecule has 0 bridgehead atoms. The fourth-order valence-corrected chi connectivity index (χ4v) is 4.18. The maximum absolute atomic E-state index is 12.8. The van der Waals surface area contributed by atoms with E-state index in [-0.39, 0.29) is 17.0 Å². The Labute approximate surface area is 193 Å². The van der Waals surface area contributed by atoms with Crippen LogP contribution in [0.1, 0.15) is 39.7 Å². The van der Waals surface area contributed by atoms with Crippen molar-refractivity contribution in [3.8, 4) is 0 Å². The SMILES string of the molecule is Cc1ccc(S(=O)(=O)NCc2ccco2)cc1C(=O)O[C@H](C)C(=O)Nc1c(C)cccc1C. The van der Waals surface area contributed by atoms with Crippen LogP contribution in [0.4, 0.5) is 5.69 Å². The number of ether oxygens (including phenoxy) is 1. The van der Waals surface area contributed by atoms with Gasteiger partial charge in [-0.25, -0.2) is 17.9 Å². The highest BCUT2D eigenvalue weighted by Crippen LogP contribution is 2.21. The van der Waals surface area contributed by atoms with Crippen molar-refractivity contribution in [1.82, 2.24) is 4.72 Å². The van der Waals surface area contributed by atoms with Gasteiger partial charge in [-0.1, -0.05) is 24.3 Å². The molecule has 1 amide bonds. The Bertz CT molecular complexity index is 1250. The third-order valence-corrected chi connectivity index (χ3v) is 6.54. The highest BCUT2D eigenvalue weighted by molar-refractivity contribution is 7.89. The van der Waals surface area contributed by atoms with E-state index < -0.39 is 28.0 Å². The van der Waals surface area contributed by atoms with Crippen LogP contribution in [0, 0.1) is 20.8 Å². The van der Waals surface area contributed by atoms with Gasteiger partial charge in [0, 0.05) is 5.69 Å². The van der Waals surface area contributed by atoms with Gasteiger partial charge in [0.15, 0.2) is 6.10 Å². The van der Waals surface area contributed by atoms with E-state index in [1.165, 1.54) is 31.4 Å². The summed E-state index contributed by atoms with van der Waals surface area (Å²) in [5.41, 5.74) is 3.02. The van der Waals surface area contributed by atoms with Crippen molar-refractivity contribution in [2.45, 2.75) is 45.2 Å². The van der Waals surface area contributed by atoms with Crippen molar-refractivity contribution in [2.75, 3.05) is 5.32 Å². The Morgan fingerprint density at radius 1 is 1.00 bits per heavy atom. The second-order valence-corrected chi connectivity index (χ2v) is 9.45. The third-order valence-electron chi connectivity index (χ3n) is 5.14. The lowest BCUT2D eigenvalue weighted by Gasteiger charge is -2.17. The quantitative estimate of drug-likeness (QED) is 0.483. The van der Waals surface area contributed by atoms with Gasteiger partial charge in [-0.3, -0.25) is 4.79 Å². The molecule has 174 valence electrons. The molecule has 33 heavy (non-hydrogen) atoms. The van der Waals surface area contributed by atoms with Gasteiger partial charge in [0.25, 0.3) is 5.91 Å². The average Bonchev–Trinajstić information content (AvgIpc) is 3.28. The first-order valence-corrected chi connectivity index (χ1v) is 11.8. The van der Waals surface area contributed by atoms with E-state index in [1.807, 2.05) is 32.0 Å². The van der Waals surface area contributed by atoms with Gasteiger partial charge in [-0.2, -0.15) is 0 Å². The molecule has 0 fully saturated rings. The van der Waals surface area contributed by atoms with Crippen LogP contribution in [0.5, 0.6) is 0 Å². The summed E-state index contributed by atoms with van der Waals surface area (Å²) in [5.74, 6) is -0.823. The summed E-state index contributed by atoms with van der Waals surface area (Å²) < 4.78 is 38.2. The van der Waals surface area contributed by atoms with Gasteiger partial charge >= 0.3 is 5.97 Å². The molecule has 2 N–H and O–H groups in total. The monoisotopic (exact) mass is 470 g/mol. The second kappa shape index (κ2) is 10.0. The molecule has 0 saturated carbocycles. The lowest BCUT2D eigenvalue weighted by molar-refractivity contribution is -0.123. The number of hydrogen-bond donors (Lipinski definition) is 2. The zero-order valence-corrected chi connectivity index (χ0v) is 19.7. The van der Waals surface area contributed by atoms with Crippen LogP contribution in [0.15, 0.2) is 64.1 Å². The Balaban J connectivity index is 1.72. The number of furan rings is 1. The number of para-hydroxylation sites is 1. The number of nitrogens with one attached hydrogen (secondary N) is 2. The van der Waals surface area contributed by atoms with Crippen molar-refractivity contribution in [3.05, 3.63) is 82.8 Å². The number of hydrogen-bond acceptors (Lipinski definition) is 6. The predicted molar refractivity (Wildman–Crippen MR) is 123 cm³/mol. The van der Waals surface area contributed by atoms with Crippen LogP contribution in [0.2, 0.25) is 0 Å². The summed E-state index contributed by atoms with van der Waals surface area (Å²) in [7, 11) is -3.90. The molecule has 1 aromatic heterocycles. The summed E-state index contributed by atoms with van der Waals surface area (Å²) >= 11 is 0. The number of esters is 1. The number of amides is 1. The summed E-state index contributed by atoms with van der Waals surface area (Å²) in [6, 6.07) is 13.1. The van der Waals surface area contributed by atoms with Crippen molar-refractivity contribution >= 4 is 27.6 Å². The maximum atomic E-state index is 12.8. The molecule has 0 aliphatic heterocycles. The van der Waals surface area contributed by atoms with Crippen LogP contribution in [0.25, 0.3) is 0 Å². The van der Waals surface area contributed by atoms with Crippen molar-refractivity contribution in [1.29, 1.82) is 0 Å². The highest BCUT2D eigenvalue weighted by Gasteiger charge is 2.23. The topological polar surface area (TPSA) is 115 Å². The zero-order valence-electron chi connectivity index (χ0n) is 18.8. The zero-order chi connectivity index (χ0) is 24.2. The van der Waals surface area contributed by atoms with Gasteiger partial charge in [0.1, 0.15) is 5.76 Å². The lowest BCUT2D eigenvalue weighted by atomic mass is 10.1. The van der Waals surface area contributed by atoms with Crippen molar-refractivity contribution in [2.24, 2.45) is 0 Å². The molecule has 1 atom stereocenters. The van der Waals surface area contributed by atoms with Gasteiger partial charge < -0.3 is 14.5 Å². The first kappa shape index (κ1) is 24.2. The molecule has 0 radical (unpaired) electrons. The molecule has 0 unspecified atom stereocenters. The minimum Gasteiger partial charge on any atom is -0.468 e. The van der Waals surface area contributed by atoms with Gasteiger partial charge in [0.2, 0.25) is 10.0 Å². The first-order valence-electron chi connectivity index (χ1n) is 10.3. The van der Waals surface area contributed by atoms with E-state index in [0.29, 0.717) is 17.0 Å². The second-order valence-electron chi connectivity index (χ2n) is 7.68. The minimum atomic E-state index is -3.90. The van der Waals surface area contributed by atoms with Crippen LogP contribution < -0.4 is 10.0 Å². The van der Waals surface area contributed by atoms with Crippen LogP contribution in [0.3, 0.4) is 0 Å². The van der Waals surface area contributed by atoms with Crippen LogP contribution in [-0.2, 0) is 26.1 Å². The number of benzene rings is 2. The normalized spacial score (nSPS) is 12.2. The molecular weight excluding hydrogens is 444 g/mol. The first-order chi connectivity index (χ1) is 15.6. The molecule has 3 rings (SSSR count). The van der Waals surface area contributed by atoms with Gasteiger partial charge in [-0.15, -0.1) is 0 Å². The standard InChI is InChI=1S/C24H26N2O6S/c1-15-10-11-20(33(29,30)25-14-19-9-6-12-31-19)13-21(15)24(28)32-18(4)23(27)26-22-16(2)7-5-8-17(22)3/h5-13,18,25H,14H2,1-4H3,(H,26,27)/t18-/m1/s1. The van der Waals surface area contributed by atoms with E-state index in [0.717, 1.165) is 11.1 Å². The molecule has 0 aliphatic rings. The molecule has 0 aliphatic carbocycles. The number of rotatable bonds is 8. The van der Waals surface area contributed by atoms with Gasteiger partial charge in [0.05, 0.1) is 23.3 Å². The number of sulfonamides is 1. The smallest absolute Gasteiger partial charge is 0.339 e. The van der Waals surface area contributed by atoms with Crippen molar-refractivity contribution < 1.29 is 27.2 Å². The molecule has 2 aromatic carbocycles. The summed E-state index contributed by atoms with van der Waals surface area (Å²) in [5, 5.41) is 2.78. The third kappa shape index (κ3) is 5.88. The Hall–Kier alpha value is -3.43. The maximum Gasteiger partial charge on any atom is 0.339 e. The number of carbonyl (C=O) groups excluding carboxylic acids is 2. The number of anilines is 1. The Morgan fingerprint density at radius 3 is 2.33 bits per heavy atom. The fraction of sp³-hybridized carbons (Fsp3) is 0.250. The summed E-state index contributed by atoms with van der Waals surface area (Å²) in [6.45, 7) is 6.83. The molecule has 8 nitrogen and oxygen atoms in total. The predicted octanol–water partition coefficient (Wildman–Crippen LogP) is 3.87. The molecule has 3 aromatic rings. The lowest BCUT2D eigenvalue weighted by Crippen LogP contribution is -2.31. The van der Waals surface area contributed by atoms with Crippen molar-refractivity contribution in [3.63, 3.8) is 0 Å². The molecule has 9 heteroatoms. The van der Waals surface area contributed by atoms with Gasteiger partial charge in [-0.05, 0) is 68.7 Å². The van der Waals surface area contributed by atoms with E-state index >= 15 is 0 Å². The Kier molecular flexibility index (Phi) is 7.35. The largest absolute Gasteiger partial charge is 0.468 e. The Morgan fingerprint density at radius 2 is 1.70 bits per heavy atom. The van der Waals surface area contributed by atoms with Crippen LogP contribution >= 0.6 is 0 Å². The molecular formula is C24H26N2O6S. The number of carbonyl (C=O) groups is 2. The number of aryl methyl sites for hydroxylation is 3. The minimum absolute atomic E-state index is 0.0293. The summed E-state index contributed by atoms with van der Waals surface area (Å²) in [4.78, 5) is 25.2. The van der Waals surface area contributed by atoms with Crippen LogP contribution in [-0.4, -0.2) is 26.4 Å². The van der Waals surface area contributed by atoms with E-state index in [1.54, 1.807) is 19.1 Å². The summed E-state index contributed by atoms with van der Waals surface area (Å²) in [6.07, 6.45) is 0.356. The van der Waals surface area contributed by atoms with E-state index in [2.05, 4.69) is 10.0 Å². The molecule has 1 heterocycles.